The Morgan fingerprint density at radius 1 is 1.16 bits per heavy atom. The first-order chi connectivity index (χ1) is 12.0. The van der Waals surface area contributed by atoms with Gasteiger partial charge in [-0.15, -0.1) is 0 Å². The molecule has 0 bridgehead atoms. The lowest BCUT2D eigenvalue weighted by Gasteiger charge is -2.15. The summed E-state index contributed by atoms with van der Waals surface area (Å²) in [4.78, 5) is 4.53. The Labute approximate surface area is 147 Å². The normalized spacial score (nSPS) is 15.7. The zero-order valence-corrected chi connectivity index (χ0v) is 14.7. The van der Waals surface area contributed by atoms with Gasteiger partial charge in [-0.2, -0.15) is 4.31 Å². The van der Waals surface area contributed by atoms with Gasteiger partial charge in [0.25, 0.3) is 0 Å². The number of aromatic hydroxyl groups is 1. The smallest absolute Gasteiger partial charge is 0.243 e. The first-order valence-electron chi connectivity index (χ1n) is 8.02. The topological polar surface area (TPSA) is 79.2 Å². The minimum Gasteiger partial charge on any atom is -0.504 e. The maximum atomic E-state index is 12.6. The van der Waals surface area contributed by atoms with E-state index < -0.39 is 10.0 Å². The molecule has 3 rings (SSSR count). The summed E-state index contributed by atoms with van der Waals surface area (Å²) < 4.78 is 31.8. The van der Waals surface area contributed by atoms with E-state index in [4.69, 9.17) is 4.74 Å². The van der Waals surface area contributed by atoms with Gasteiger partial charge in [0.05, 0.1) is 17.7 Å². The largest absolute Gasteiger partial charge is 0.504 e. The van der Waals surface area contributed by atoms with E-state index in [0.717, 1.165) is 12.8 Å². The number of ether oxygens (including phenoxy) is 1. The fourth-order valence-electron chi connectivity index (χ4n) is 2.75. The molecule has 0 radical (unpaired) electrons. The second kappa shape index (κ2) is 7.25. The Kier molecular flexibility index (Phi) is 5.06. The molecule has 1 aliphatic rings. The summed E-state index contributed by atoms with van der Waals surface area (Å²) in [5.74, 6) is 0.351. The molecule has 0 spiro atoms. The summed E-state index contributed by atoms with van der Waals surface area (Å²) in [6.45, 7) is 1.13. The molecular formula is C18H20N2O4S. The Hall–Kier alpha value is -2.38. The fraction of sp³-hybridized carbons (Fsp3) is 0.278. The van der Waals surface area contributed by atoms with Crippen molar-refractivity contribution in [2.45, 2.75) is 17.7 Å². The summed E-state index contributed by atoms with van der Waals surface area (Å²) in [5.41, 5.74) is 0.995. The number of benzene rings is 2. The van der Waals surface area contributed by atoms with Crippen molar-refractivity contribution in [3.63, 3.8) is 0 Å². The van der Waals surface area contributed by atoms with Gasteiger partial charge in [0, 0.05) is 24.9 Å². The Morgan fingerprint density at radius 2 is 1.88 bits per heavy atom. The lowest BCUT2D eigenvalue weighted by Crippen LogP contribution is -2.27. The molecule has 132 valence electrons. The van der Waals surface area contributed by atoms with E-state index >= 15 is 0 Å². The molecule has 2 aromatic rings. The molecule has 0 atom stereocenters. The number of methoxy groups -OCH3 is 1. The molecule has 0 unspecified atom stereocenters. The van der Waals surface area contributed by atoms with Crippen LogP contribution < -0.4 is 4.74 Å². The average molecular weight is 360 g/mol. The van der Waals surface area contributed by atoms with Crippen molar-refractivity contribution in [2.24, 2.45) is 4.99 Å². The van der Waals surface area contributed by atoms with Crippen LogP contribution in [0.3, 0.4) is 0 Å². The van der Waals surface area contributed by atoms with Crippen LogP contribution in [0.15, 0.2) is 52.4 Å². The van der Waals surface area contributed by atoms with E-state index in [0.29, 0.717) is 30.1 Å². The summed E-state index contributed by atoms with van der Waals surface area (Å²) >= 11 is 0. The van der Waals surface area contributed by atoms with Gasteiger partial charge in [-0.25, -0.2) is 8.42 Å². The predicted molar refractivity (Wildman–Crippen MR) is 96.3 cm³/mol. The SMILES string of the molecule is COc1cccc(C=Nc2cccc(S(=O)(=O)N3CCCC3)c2)c1O. The lowest BCUT2D eigenvalue weighted by molar-refractivity contribution is 0.373. The van der Waals surface area contributed by atoms with E-state index in [1.807, 2.05) is 0 Å². The number of para-hydroxylation sites is 1. The predicted octanol–water partition coefficient (Wildman–Crippen LogP) is 2.94. The van der Waals surface area contributed by atoms with Gasteiger partial charge in [0.15, 0.2) is 11.5 Å². The molecule has 7 heteroatoms. The van der Waals surface area contributed by atoms with Crippen molar-refractivity contribution in [1.29, 1.82) is 0 Å². The average Bonchev–Trinajstić information content (AvgIpc) is 3.17. The van der Waals surface area contributed by atoms with Crippen LogP contribution in [-0.2, 0) is 10.0 Å². The quantitative estimate of drug-likeness (QED) is 0.832. The molecule has 0 aromatic heterocycles. The van der Waals surface area contributed by atoms with Crippen LogP contribution in [0.4, 0.5) is 5.69 Å². The van der Waals surface area contributed by atoms with Crippen molar-refractivity contribution < 1.29 is 18.3 Å². The molecule has 1 heterocycles. The Bertz CT molecular complexity index is 888. The molecule has 1 fully saturated rings. The molecule has 0 saturated carbocycles. The third-order valence-electron chi connectivity index (χ3n) is 4.12. The van der Waals surface area contributed by atoms with Crippen LogP contribution in [0.2, 0.25) is 0 Å². The number of hydrogen-bond donors (Lipinski definition) is 1. The van der Waals surface area contributed by atoms with Crippen molar-refractivity contribution in [2.75, 3.05) is 20.2 Å². The number of phenols is 1. The number of nitrogens with zero attached hydrogens (tertiary/aromatic N) is 2. The third-order valence-corrected chi connectivity index (χ3v) is 6.02. The van der Waals surface area contributed by atoms with Crippen molar-refractivity contribution in [1.82, 2.24) is 4.31 Å². The fourth-order valence-corrected chi connectivity index (χ4v) is 4.31. The van der Waals surface area contributed by atoms with Crippen LogP contribution in [0, 0.1) is 0 Å². The zero-order chi connectivity index (χ0) is 17.9. The van der Waals surface area contributed by atoms with Gasteiger partial charge in [-0.1, -0.05) is 12.1 Å². The number of sulfonamides is 1. The summed E-state index contributed by atoms with van der Waals surface area (Å²) in [6, 6.07) is 11.6. The lowest BCUT2D eigenvalue weighted by atomic mass is 10.2. The maximum Gasteiger partial charge on any atom is 0.243 e. The van der Waals surface area contributed by atoms with Crippen LogP contribution in [-0.4, -0.2) is 44.2 Å². The van der Waals surface area contributed by atoms with Crippen molar-refractivity contribution in [3.05, 3.63) is 48.0 Å². The van der Waals surface area contributed by atoms with Gasteiger partial charge < -0.3 is 9.84 Å². The molecule has 1 aliphatic heterocycles. The number of hydrogen-bond acceptors (Lipinski definition) is 5. The Morgan fingerprint density at radius 3 is 2.60 bits per heavy atom. The molecular weight excluding hydrogens is 340 g/mol. The highest BCUT2D eigenvalue weighted by atomic mass is 32.2. The summed E-state index contributed by atoms with van der Waals surface area (Å²) in [7, 11) is -2.00. The molecule has 0 amide bonds. The number of rotatable bonds is 5. The number of phenolic OH excluding ortho intramolecular Hbond substituents is 1. The number of aliphatic imine (C=N–C) groups is 1. The van der Waals surface area contributed by atoms with Crippen LogP contribution in [0.1, 0.15) is 18.4 Å². The van der Waals surface area contributed by atoms with Crippen LogP contribution >= 0.6 is 0 Å². The third kappa shape index (κ3) is 3.67. The molecule has 25 heavy (non-hydrogen) atoms. The molecule has 1 saturated heterocycles. The van der Waals surface area contributed by atoms with E-state index in [1.54, 1.807) is 42.5 Å². The molecule has 6 nitrogen and oxygen atoms in total. The maximum absolute atomic E-state index is 12.6. The van der Waals surface area contributed by atoms with Crippen LogP contribution in [0.5, 0.6) is 11.5 Å². The van der Waals surface area contributed by atoms with Gasteiger partial charge >= 0.3 is 0 Å². The minimum absolute atomic E-state index is 0.00501. The second-order valence-electron chi connectivity index (χ2n) is 5.76. The molecule has 1 N–H and O–H groups in total. The van der Waals surface area contributed by atoms with Crippen molar-refractivity contribution in [3.8, 4) is 11.5 Å². The first-order valence-corrected chi connectivity index (χ1v) is 9.46. The second-order valence-corrected chi connectivity index (χ2v) is 7.70. The van der Waals surface area contributed by atoms with E-state index in [1.165, 1.54) is 17.6 Å². The van der Waals surface area contributed by atoms with E-state index in [-0.39, 0.29) is 10.6 Å². The minimum atomic E-state index is -3.47. The first kappa shape index (κ1) is 17.4. The highest BCUT2D eigenvalue weighted by molar-refractivity contribution is 7.89. The van der Waals surface area contributed by atoms with E-state index in [9.17, 15) is 13.5 Å². The van der Waals surface area contributed by atoms with E-state index in [2.05, 4.69) is 4.99 Å². The standard InChI is InChI=1S/C18H20N2O4S/c1-24-17-9-4-6-14(18(17)21)13-19-15-7-5-8-16(12-15)25(22,23)20-10-2-3-11-20/h4-9,12-13,21H,2-3,10-11H2,1H3. The monoisotopic (exact) mass is 360 g/mol. The summed E-state index contributed by atoms with van der Waals surface area (Å²) in [6.07, 6.45) is 3.28. The van der Waals surface area contributed by atoms with Gasteiger partial charge in [-0.05, 0) is 43.2 Å². The van der Waals surface area contributed by atoms with Gasteiger partial charge in [0.2, 0.25) is 10.0 Å². The van der Waals surface area contributed by atoms with Crippen molar-refractivity contribution >= 4 is 21.9 Å². The highest BCUT2D eigenvalue weighted by Gasteiger charge is 2.27. The Balaban J connectivity index is 1.87. The molecule has 2 aromatic carbocycles. The summed E-state index contributed by atoms with van der Waals surface area (Å²) in [5, 5.41) is 10.1. The van der Waals surface area contributed by atoms with Gasteiger partial charge in [-0.3, -0.25) is 4.99 Å². The van der Waals surface area contributed by atoms with Crippen LogP contribution in [0.25, 0.3) is 0 Å². The van der Waals surface area contributed by atoms with Gasteiger partial charge in [0.1, 0.15) is 0 Å². The molecule has 0 aliphatic carbocycles. The zero-order valence-electron chi connectivity index (χ0n) is 13.9. The highest BCUT2D eigenvalue weighted by Crippen LogP contribution is 2.29.